The number of pyridine rings is 1. The second-order valence-electron chi connectivity index (χ2n) is 11.5. The number of ether oxygens (including phenoxy) is 2. The summed E-state index contributed by atoms with van der Waals surface area (Å²) in [5.74, 6) is 1.17. The van der Waals surface area contributed by atoms with E-state index in [0.29, 0.717) is 44.6 Å². The van der Waals surface area contributed by atoms with Gasteiger partial charge in [-0.3, -0.25) is 4.79 Å². The zero-order chi connectivity index (χ0) is 26.9. The Hall–Kier alpha value is -3.16. The van der Waals surface area contributed by atoms with Crippen LogP contribution in [0.1, 0.15) is 50.0 Å². The lowest BCUT2D eigenvalue weighted by molar-refractivity contribution is -0.0763. The van der Waals surface area contributed by atoms with Gasteiger partial charge in [-0.15, -0.1) is 0 Å². The van der Waals surface area contributed by atoms with Gasteiger partial charge in [0.25, 0.3) is 5.91 Å². The van der Waals surface area contributed by atoms with Crippen molar-refractivity contribution in [3.63, 3.8) is 0 Å². The molecule has 0 bridgehead atoms. The van der Waals surface area contributed by atoms with Crippen LogP contribution >= 0.6 is 0 Å². The molecular formula is C31H40N4O3. The molecule has 0 saturated carbocycles. The molecule has 7 nitrogen and oxygen atoms in total. The molecule has 2 fully saturated rings. The highest BCUT2D eigenvalue weighted by Crippen LogP contribution is 2.35. The molecule has 2 aromatic carbocycles. The van der Waals surface area contributed by atoms with E-state index in [4.69, 9.17) is 20.2 Å². The van der Waals surface area contributed by atoms with Crippen LogP contribution in [0, 0.1) is 5.92 Å². The quantitative estimate of drug-likeness (QED) is 0.487. The van der Waals surface area contributed by atoms with E-state index in [1.54, 1.807) is 0 Å². The number of benzene rings is 2. The number of aryl methyl sites for hydroxylation is 1. The second kappa shape index (κ2) is 10.9. The number of amides is 1. The summed E-state index contributed by atoms with van der Waals surface area (Å²) in [5, 5.41) is 1.02. The number of anilines is 2. The lowest BCUT2D eigenvalue weighted by Crippen LogP contribution is -2.50. The Labute approximate surface area is 225 Å². The van der Waals surface area contributed by atoms with E-state index in [-0.39, 0.29) is 11.5 Å². The maximum Gasteiger partial charge on any atom is 0.254 e. The van der Waals surface area contributed by atoms with E-state index >= 15 is 0 Å². The third-order valence-electron chi connectivity index (χ3n) is 7.55. The summed E-state index contributed by atoms with van der Waals surface area (Å²) in [7, 11) is 0. The van der Waals surface area contributed by atoms with E-state index in [2.05, 4.69) is 43.0 Å². The third kappa shape index (κ3) is 5.64. The summed E-state index contributed by atoms with van der Waals surface area (Å²) < 4.78 is 11.4. The monoisotopic (exact) mass is 516 g/mol. The van der Waals surface area contributed by atoms with Crippen LogP contribution < -0.4 is 10.6 Å². The number of aromatic nitrogens is 1. The Kier molecular flexibility index (Phi) is 7.59. The lowest BCUT2D eigenvalue weighted by Gasteiger charge is -2.38. The summed E-state index contributed by atoms with van der Waals surface area (Å²) in [6, 6.07) is 14.6. The molecular weight excluding hydrogens is 476 g/mol. The minimum Gasteiger partial charge on any atom is -0.382 e. The number of fused-ring (bicyclic) bond motifs is 1. The van der Waals surface area contributed by atoms with Crippen LogP contribution in [0.4, 0.5) is 11.5 Å². The highest BCUT2D eigenvalue weighted by atomic mass is 16.5. The molecule has 0 atom stereocenters. The van der Waals surface area contributed by atoms with Crippen molar-refractivity contribution >= 4 is 28.3 Å². The van der Waals surface area contributed by atoms with Crippen molar-refractivity contribution in [3.8, 4) is 11.1 Å². The first kappa shape index (κ1) is 26.4. The van der Waals surface area contributed by atoms with Gasteiger partial charge in [-0.25, -0.2) is 4.98 Å². The number of hydrogen-bond acceptors (Lipinski definition) is 6. The molecule has 2 aliphatic heterocycles. The van der Waals surface area contributed by atoms with Crippen molar-refractivity contribution in [2.45, 2.75) is 46.1 Å². The van der Waals surface area contributed by atoms with Gasteiger partial charge in [-0.1, -0.05) is 32.0 Å². The fraction of sp³-hybridized carbons (Fsp3) is 0.484. The van der Waals surface area contributed by atoms with E-state index in [9.17, 15) is 4.79 Å². The molecule has 2 aliphatic rings. The van der Waals surface area contributed by atoms with Crippen LogP contribution in [0.5, 0.6) is 0 Å². The zero-order valence-corrected chi connectivity index (χ0v) is 23.1. The molecule has 7 heteroatoms. The topological polar surface area (TPSA) is 80.9 Å². The maximum atomic E-state index is 14.0. The van der Waals surface area contributed by atoms with Crippen LogP contribution in [0.2, 0.25) is 0 Å². The smallest absolute Gasteiger partial charge is 0.254 e. The van der Waals surface area contributed by atoms with Crippen molar-refractivity contribution in [2.75, 3.05) is 56.6 Å². The number of hydrogen-bond donors (Lipinski definition) is 1. The number of carbonyl (C=O) groups excluding carboxylic acids is 1. The molecule has 3 aromatic rings. The summed E-state index contributed by atoms with van der Waals surface area (Å²) in [6.07, 6.45) is 1.97. The summed E-state index contributed by atoms with van der Waals surface area (Å²) in [6.45, 7) is 13.2. The van der Waals surface area contributed by atoms with Crippen LogP contribution in [0.3, 0.4) is 0 Å². The van der Waals surface area contributed by atoms with Crippen LogP contribution in [-0.4, -0.2) is 67.4 Å². The van der Waals surface area contributed by atoms with Gasteiger partial charge in [0.15, 0.2) is 0 Å². The van der Waals surface area contributed by atoms with Gasteiger partial charge >= 0.3 is 0 Å². The number of nitrogen functional groups attached to an aromatic ring is 1. The molecule has 2 N–H and O–H groups in total. The molecule has 0 aliphatic carbocycles. The van der Waals surface area contributed by atoms with E-state index in [1.165, 1.54) is 5.56 Å². The Morgan fingerprint density at radius 3 is 2.61 bits per heavy atom. The predicted octanol–water partition coefficient (Wildman–Crippen LogP) is 5.16. The van der Waals surface area contributed by atoms with Gasteiger partial charge in [-0.05, 0) is 73.6 Å². The van der Waals surface area contributed by atoms with Crippen molar-refractivity contribution in [3.05, 3.63) is 53.6 Å². The SMILES string of the molecule is CC(C)CCc1cccc(C(=O)N2CCOC(C)(C)C2)c1-c1ccc2nc(N)c(N3CCOCC3)cc2c1. The first-order chi connectivity index (χ1) is 18.2. The van der Waals surface area contributed by atoms with Gasteiger partial charge in [0.1, 0.15) is 5.82 Å². The molecule has 1 amide bonds. The fourth-order valence-electron chi connectivity index (χ4n) is 5.53. The first-order valence-corrected chi connectivity index (χ1v) is 13.8. The minimum atomic E-state index is -0.353. The Bertz CT molecular complexity index is 1310. The first-order valence-electron chi connectivity index (χ1n) is 13.8. The van der Waals surface area contributed by atoms with Gasteiger partial charge < -0.3 is 25.0 Å². The van der Waals surface area contributed by atoms with Crippen LogP contribution in [0.15, 0.2) is 42.5 Å². The average Bonchev–Trinajstić information content (AvgIpc) is 2.90. The van der Waals surface area contributed by atoms with Gasteiger partial charge in [0.05, 0.1) is 36.6 Å². The molecule has 2 saturated heterocycles. The fourth-order valence-corrected chi connectivity index (χ4v) is 5.53. The van der Waals surface area contributed by atoms with Gasteiger partial charge in [-0.2, -0.15) is 0 Å². The molecule has 202 valence electrons. The van der Waals surface area contributed by atoms with Gasteiger partial charge in [0.2, 0.25) is 0 Å². The minimum absolute atomic E-state index is 0.0623. The molecule has 5 rings (SSSR count). The predicted molar refractivity (Wildman–Crippen MR) is 154 cm³/mol. The summed E-state index contributed by atoms with van der Waals surface area (Å²) in [4.78, 5) is 22.9. The summed E-state index contributed by atoms with van der Waals surface area (Å²) >= 11 is 0. The largest absolute Gasteiger partial charge is 0.382 e. The maximum absolute atomic E-state index is 14.0. The molecule has 0 unspecified atom stereocenters. The van der Waals surface area contributed by atoms with E-state index in [1.807, 2.05) is 36.9 Å². The number of nitrogens with zero attached hydrogens (tertiary/aromatic N) is 3. The van der Waals surface area contributed by atoms with E-state index in [0.717, 1.165) is 59.2 Å². The summed E-state index contributed by atoms with van der Waals surface area (Å²) in [5.41, 5.74) is 11.8. The van der Waals surface area contributed by atoms with Crippen LogP contribution in [0.25, 0.3) is 22.0 Å². The molecule has 1 aromatic heterocycles. The van der Waals surface area contributed by atoms with Crippen LogP contribution in [-0.2, 0) is 15.9 Å². The van der Waals surface area contributed by atoms with Crippen molar-refractivity contribution in [1.82, 2.24) is 9.88 Å². The Balaban J connectivity index is 1.59. The number of carbonyl (C=O) groups is 1. The Morgan fingerprint density at radius 1 is 1.08 bits per heavy atom. The number of rotatable bonds is 6. The zero-order valence-electron chi connectivity index (χ0n) is 23.1. The second-order valence-corrected chi connectivity index (χ2v) is 11.5. The number of morpholine rings is 2. The molecule has 3 heterocycles. The molecule has 0 spiro atoms. The van der Waals surface area contributed by atoms with Crippen molar-refractivity contribution in [2.24, 2.45) is 5.92 Å². The highest BCUT2D eigenvalue weighted by Gasteiger charge is 2.32. The van der Waals surface area contributed by atoms with Crippen molar-refractivity contribution < 1.29 is 14.3 Å². The number of nitrogens with two attached hydrogens (primary N) is 1. The third-order valence-corrected chi connectivity index (χ3v) is 7.55. The van der Waals surface area contributed by atoms with Crippen molar-refractivity contribution in [1.29, 1.82) is 0 Å². The molecule has 0 radical (unpaired) electrons. The standard InChI is InChI=1S/C31H40N4O3/c1-21(2)8-9-22-6-5-7-25(30(36)35-14-17-38-31(3,4)20-35)28(22)23-10-11-26-24(18-23)19-27(29(32)33-26)34-12-15-37-16-13-34/h5-7,10-11,18-19,21H,8-9,12-17,20H2,1-4H3,(H2,32,33). The highest BCUT2D eigenvalue weighted by molar-refractivity contribution is 6.03. The normalized spacial score (nSPS) is 17.8. The molecule has 38 heavy (non-hydrogen) atoms. The average molecular weight is 517 g/mol. The van der Waals surface area contributed by atoms with E-state index < -0.39 is 0 Å². The van der Waals surface area contributed by atoms with Gasteiger partial charge in [0, 0.05) is 37.1 Å². The lowest BCUT2D eigenvalue weighted by atomic mass is 9.89. The Morgan fingerprint density at radius 2 is 1.87 bits per heavy atom.